The molecule has 96 valence electrons. The van der Waals surface area contributed by atoms with Gasteiger partial charge in [0.1, 0.15) is 5.60 Å². The van der Waals surface area contributed by atoms with Crippen molar-refractivity contribution in [2.24, 2.45) is 0 Å². The van der Waals surface area contributed by atoms with Crippen LogP contribution in [0.5, 0.6) is 0 Å². The number of rotatable bonds is 1. The molecule has 2 aliphatic heterocycles. The summed E-state index contributed by atoms with van der Waals surface area (Å²) in [4.78, 5) is 13.7. The summed E-state index contributed by atoms with van der Waals surface area (Å²) in [6.07, 6.45) is 1.68. The first-order chi connectivity index (χ1) is 8.69. The Morgan fingerprint density at radius 1 is 1.44 bits per heavy atom. The van der Waals surface area contributed by atoms with Gasteiger partial charge in [-0.25, -0.2) is 4.79 Å². The van der Waals surface area contributed by atoms with Gasteiger partial charge in [0.25, 0.3) is 0 Å². The van der Waals surface area contributed by atoms with Gasteiger partial charge >= 0.3 is 6.09 Å². The number of benzene rings is 1. The van der Waals surface area contributed by atoms with E-state index in [1.165, 1.54) is 0 Å². The Morgan fingerprint density at radius 3 is 3.06 bits per heavy atom. The number of carbonyl (C=O) groups is 1. The highest BCUT2D eigenvalue weighted by molar-refractivity contribution is 6.30. The van der Waals surface area contributed by atoms with Crippen molar-refractivity contribution >= 4 is 23.4 Å². The number of nitrogens with one attached hydrogen (secondary N) is 1. The molecule has 2 saturated heterocycles. The Balaban J connectivity index is 1.84. The van der Waals surface area contributed by atoms with Crippen molar-refractivity contribution in [1.82, 2.24) is 5.32 Å². The number of anilines is 1. The normalized spacial score (nSPS) is 27.6. The first kappa shape index (κ1) is 11.8. The predicted octanol–water partition coefficient (Wildman–Crippen LogP) is 2.42. The molecule has 5 heteroatoms. The second kappa shape index (κ2) is 4.44. The van der Waals surface area contributed by atoms with Gasteiger partial charge in [0.2, 0.25) is 0 Å². The van der Waals surface area contributed by atoms with E-state index in [2.05, 4.69) is 5.32 Å². The summed E-state index contributed by atoms with van der Waals surface area (Å²) < 4.78 is 5.58. The molecular weight excluding hydrogens is 252 g/mol. The Labute approximate surface area is 111 Å². The Kier molecular flexibility index (Phi) is 2.92. The summed E-state index contributed by atoms with van der Waals surface area (Å²) in [6, 6.07) is 7.31. The van der Waals surface area contributed by atoms with Crippen LogP contribution in [0.2, 0.25) is 5.02 Å². The van der Waals surface area contributed by atoms with Crippen molar-refractivity contribution in [2.45, 2.75) is 18.4 Å². The molecule has 1 atom stereocenters. The zero-order valence-corrected chi connectivity index (χ0v) is 10.7. The molecule has 1 aromatic rings. The summed E-state index contributed by atoms with van der Waals surface area (Å²) in [7, 11) is 0. The molecular formula is C13H15ClN2O2. The zero-order chi connectivity index (χ0) is 12.6. The van der Waals surface area contributed by atoms with Gasteiger partial charge in [-0.1, -0.05) is 17.7 Å². The molecule has 2 fully saturated rings. The average molecular weight is 267 g/mol. The maximum absolute atomic E-state index is 12.0. The molecule has 1 amide bonds. The van der Waals surface area contributed by atoms with E-state index in [0.29, 0.717) is 11.6 Å². The number of hydrogen-bond donors (Lipinski definition) is 1. The standard InChI is InChI=1S/C13H15ClN2O2/c14-10-3-1-4-11(7-10)16-9-13(18-12(16)17)5-2-6-15-8-13/h1,3-4,7,15H,2,5-6,8-9H2. The minimum absolute atomic E-state index is 0.277. The van der Waals surface area contributed by atoms with Crippen LogP contribution in [0.1, 0.15) is 12.8 Å². The van der Waals surface area contributed by atoms with Crippen molar-refractivity contribution in [2.75, 3.05) is 24.5 Å². The smallest absolute Gasteiger partial charge is 0.415 e. The number of nitrogens with zero attached hydrogens (tertiary/aromatic N) is 1. The molecule has 0 saturated carbocycles. The molecule has 18 heavy (non-hydrogen) atoms. The molecule has 0 bridgehead atoms. The van der Waals surface area contributed by atoms with Crippen LogP contribution in [0.25, 0.3) is 0 Å². The highest BCUT2D eigenvalue weighted by atomic mass is 35.5. The van der Waals surface area contributed by atoms with Crippen LogP contribution >= 0.6 is 11.6 Å². The number of amides is 1. The number of piperidine rings is 1. The van der Waals surface area contributed by atoms with Crippen LogP contribution in [0, 0.1) is 0 Å². The summed E-state index contributed by atoms with van der Waals surface area (Å²) in [5, 5.41) is 3.92. The highest BCUT2D eigenvalue weighted by Gasteiger charge is 2.46. The molecule has 3 rings (SSSR count). The van der Waals surface area contributed by atoms with Crippen LogP contribution in [-0.4, -0.2) is 31.3 Å². The van der Waals surface area contributed by atoms with E-state index in [0.717, 1.165) is 31.6 Å². The lowest BCUT2D eigenvalue weighted by Gasteiger charge is -2.31. The number of carbonyl (C=O) groups excluding carboxylic acids is 1. The molecule has 2 heterocycles. The SMILES string of the molecule is O=C1OC2(CCCNC2)CN1c1cccc(Cl)c1. The number of halogens is 1. The van der Waals surface area contributed by atoms with Gasteiger partial charge in [-0.2, -0.15) is 0 Å². The Bertz CT molecular complexity index is 472. The van der Waals surface area contributed by atoms with Crippen molar-refractivity contribution in [3.63, 3.8) is 0 Å². The fourth-order valence-corrected chi connectivity index (χ4v) is 2.81. The van der Waals surface area contributed by atoms with Crippen LogP contribution in [0.4, 0.5) is 10.5 Å². The van der Waals surface area contributed by atoms with E-state index >= 15 is 0 Å². The lowest BCUT2D eigenvalue weighted by atomic mass is 9.94. The van der Waals surface area contributed by atoms with Crippen LogP contribution in [-0.2, 0) is 4.74 Å². The van der Waals surface area contributed by atoms with Crippen molar-refractivity contribution in [3.05, 3.63) is 29.3 Å². The largest absolute Gasteiger partial charge is 0.439 e. The average Bonchev–Trinajstić information content (AvgIpc) is 2.67. The van der Waals surface area contributed by atoms with E-state index in [-0.39, 0.29) is 11.7 Å². The molecule has 0 radical (unpaired) electrons. The molecule has 0 aromatic heterocycles. The fourth-order valence-electron chi connectivity index (χ4n) is 2.63. The first-order valence-corrected chi connectivity index (χ1v) is 6.53. The monoisotopic (exact) mass is 266 g/mol. The summed E-state index contributed by atoms with van der Waals surface area (Å²) in [5.74, 6) is 0. The van der Waals surface area contributed by atoms with Gasteiger partial charge in [0, 0.05) is 17.3 Å². The molecule has 4 nitrogen and oxygen atoms in total. The van der Waals surface area contributed by atoms with Gasteiger partial charge in [-0.15, -0.1) is 0 Å². The van der Waals surface area contributed by atoms with Gasteiger partial charge < -0.3 is 10.1 Å². The highest BCUT2D eigenvalue weighted by Crippen LogP contribution is 2.33. The minimum atomic E-state index is -0.363. The van der Waals surface area contributed by atoms with Gasteiger partial charge in [-0.3, -0.25) is 4.90 Å². The zero-order valence-electron chi connectivity index (χ0n) is 9.99. The van der Waals surface area contributed by atoms with Crippen LogP contribution < -0.4 is 10.2 Å². The lowest BCUT2D eigenvalue weighted by molar-refractivity contribution is 0.0366. The van der Waals surface area contributed by atoms with Gasteiger partial charge in [0.05, 0.1) is 6.54 Å². The molecule has 1 unspecified atom stereocenters. The Morgan fingerprint density at radius 2 is 2.33 bits per heavy atom. The van der Waals surface area contributed by atoms with E-state index in [9.17, 15) is 4.79 Å². The van der Waals surface area contributed by atoms with E-state index in [1.807, 2.05) is 12.1 Å². The quantitative estimate of drug-likeness (QED) is 0.849. The van der Waals surface area contributed by atoms with E-state index < -0.39 is 0 Å². The van der Waals surface area contributed by atoms with Gasteiger partial charge in [-0.05, 0) is 37.6 Å². The molecule has 1 N–H and O–H groups in total. The molecule has 0 aliphatic carbocycles. The number of hydrogen-bond acceptors (Lipinski definition) is 3. The minimum Gasteiger partial charge on any atom is -0.439 e. The van der Waals surface area contributed by atoms with Crippen molar-refractivity contribution in [3.8, 4) is 0 Å². The van der Waals surface area contributed by atoms with Crippen LogP contribution in [0.3, 0.4) is 0 Å². The number of ether oxygens (including phenoxy) is 1. The van der Waals surface area contributed by atoms with Gasteiger partial charge in [0.15, 0.2) is 0 Å². The molecule has 1 aromatic carbocycles. The summed E-state index contributed by atoms with van der Waals surface area (Å²) >= 11 is 5.96. The maximum atomic E-state index is 12.0. The Hall–Kier alpha value is -1.26. The first-order valence-electron chi connectivity index (χ1n) is 6.15. The topological polar surface area (TPSA) is 41.6 Å². The van der Waals surface area contributed by atoms with E-state index in [4.69, 9.17) is 16.3 Å². The third kappa shape index (κ3) is 2.06. The van der Waals surface area contributed by atoms with Crippen LogP contribution in [0.15, 0.2) is 24.3 Å². The van der Waals surface area contributed by atoms with E-state index in [1.54, 1.807) is 17.0 Å². The summed E-state index contributed by atoms with van der Waals surface area (Å²) in [6.45, 7) is 2.32. The lowest BCUT2D eigenvalue weighted by Crippen LogP contribution is -2.48. The second-order valence-corrected chi connectivity index (χ2v) is 5.33. The fraction of sp³-hybridized carbons (Fsp3) is 0.462. The second-order valence-electron chi connectivity index (χ2n) is 4.90. The van der Waals surface area contributed by atoms with Crippen molar-refractivity contribution < 1.29 is 9.53 Å². The third-order valence-electron chi connectivity index (χ3n) is 3.52. The maximum Gasteiger partial charge on any atom is 0.415 e. The molecule has 2 aliphatic rings. The summed E-state index contributed by atoms with van der Waals surface area (Å²) in [5.41, 5.74) is 0.437. The predicted molar refractivity (Wildman–Crippen MR) is 70.1 cm³/mol. The molecule has 1 spiro atoms. The van der Waals surface area contributed by atoms with Crippen molar-refractivity contribution in [1.29, 1.82) is 0 Å². The third-order valence-corrected chi connectivity index (χ3v) is 3.76.